The molecule has 7 heteroatoms. The van der Waals surface area contributed by atoms with Gasteiger partial charge in [0.25, 0.3) is 0 Å². The van der Waals surface area contributed by atoms with E-state index in [1.54, 1.807) is 0 Å². The second-order valence-corrected chi connectivity index (χ2v) is 3.01. The van der Waals surface area contributed by atoms with Crippen LogP contribution in [0, 0.1) is 0 Å². The average Bonchev–Trinajstić information content (AvgIpc) is 2.61. The van der Waals surface area contributed by atoms with Gasteiger partial charge in [-0.15, -0.1) is 0 Å². The number of aromatic nitrogens is 2. The van der Waals surface area contributed by atoms with Crippen LogP contribution in [0.25, 0.3) is 11.1 Å². The van der Waals surface area contributed by atoms with Crippen LogP contribution in [0.15, 0.2) is 29.0 Å². The lowest BCUT2D eigenvalue weighted by atomic mass is 10.1. The zero-order valence-electron chi connectivity index (χ0n) is 7.82. The van der Waals surface area contributed by atoms with Gasteiger partial charge in [0.1, 0.15) is 0 Å². The summed E-state index contributed by atoms with van der Waals surface area (Å²) in [5.74, 6) is -0.375. The molecular weight excluding hydrogens is 223 g/mol. The quantitative estimate of drug-likeness (QED) is 0.815. The Kier molecular flexibility index (Phi) is 2.30. The molecule has 4 nitrogen and oxygen atoms in total. The standard InChI is InChI=1S/C9H6F3N3O/c10-9(11,12)7-6(8(13)16-15-7)5-2-1-3-14-4-5/h1-4H,13H2. The summed E-state index contributed by atoms with van der Waals surface area (Å²) >= 11 is 0. The number of nitrogens with two attached hydrogens (primary N) is 1. The maximum absolute atomic E-state index is 12.5. The normalized spacial score (nSPS) is 11.7. The van der Waals surface area contributed by atoms with E-state index >= 15 is 0 Å². The SMILES string of the molecule is Nc1onc(C(F)(F)F)c1-c1cccnc1. The van der Waals surface area contributed by atoms with Gasteiger partial charge >= 0.3 is 6.18 Å². The smallest absolute Gasteiger partial charge is 0.367 e. The number of nitrogen functional groups attached to an aromatic ring is 1. The van der Waals surface area contributed by atoms with Crippen molar-refractivity contribution in [1.29, 1.82) is 0 Å². The lowest BCUT2D eigenvalue weighted by molar-refractivity contribution is -0.142. The summed E-state index contributed by atoms with van der Waals surface area (Å²) in [5.41, 5.74) is 4.11. The molecule has 0 radical (unpaired) electrons. The highest BCUT2D eigenvalue weighted by molar-refractivity contribution is 5.74. The number of hydrogen-bond acceptors (Lipinski definition) is 4. The number of pyridine rings is 1. The van der Waals surface area contributed by atoms with Crippen LogP contribution < -0.4 is 5.73 Å². The molecule has 0 fully saturated rings. The first kappa shape index (κ1) is 10.5. The molecule has 0 aliphatic carbocycles. The average molecular weight is 229 g/mol. The number of alkyl halides is 3. The molecule has 16 heavy (non-hydrogen) atoms. The molecular formula is C9H6F3N3O. The van der Waals surface area contributed by atoms with Crippen LogP contribution in [0.3, 0.4) is 0 Å². The third-order valence-electron chi connectivity index (χ3n) is 1.94. The summed E-state index contributed by atoms with van der Waals surface area (Å²) in [5, 5.41) is 2.91. The minimum absolute atomic E-state index is 0.216. The van der Waals surface area contributed by atoms with Gasteiger partial charge in [0.05, 0.1) is 5.56 Å². The Balaban J connectivity index is 2.61. The van der Waals surface area contributed by atoms with E-state index in [9.17, 15) is 13.2 Å². The first-order chi connectivity index (χ1) is 7.50. The summed E-state index contributed by atoms with van der Waals surface area (Å²) in [6, 6.07) is 2.95. The fourth-order valence-corrected chi connectivity index (χ4v) is 1.29. The minimum atomic E-state index is -4.60. The molecule has 0 aliphatic heterocycles. The van der Waals surface area contributed by atoms with Crippen molar-refractivity contribution < 1.29 is 17.7 Å². The van der Waals surface area contributed by atoms with E-state index in [-0.39, 0.29) is 17.0 Å². The Bertz CT molecular complexity index is 492. The van der Waals surface area contributed by atoms with Gasteiger partial charge in [-0.3, -0.25) is 4.98 Å². The summed E-state index contributed by atoms with van der Waals surface area (Å²) < 4.78 is 42.0. The van der Waals surface area contributed by atoms with Crippen LogP contribution >= 0.6 is 0 Å². The molecule has 2 N–H and O–H groups in total. The molecule has 0 aliphatic rings. The van der Waals surface area contributed by atoms with Crippen LogP contribution in [0.2, 0.25) is 0 Å². The molecule has 0 amide bonds. The first-order valence-electron chi connectivity index (χ1n) is 4.23. The predicted octanol–water partition coefficient (Wildman–Crippen LogP) is 2.34. The highest BCUT2D eigenvalue weighted by Gasteiger charge is 2.39. The van der Waals surface area contributed by atoms with Gasteiger partial charge in [0.15, 0.2) is 5.69 Å². The Morgan fingerprint density at radius 3 is 2.62 bits per heavy atom. The van der Waals surface area contributed by atoms with E-state index in [4.69, 9.17) is 5.73 Å². The van der Waals surface area contributed by atoms with Crippen molar-refractivity contribution in [2.75, 3.05) is 5.73 Å². The molecule has 0 atom stereocenters. The van der Waals surface area contributed by atoms with E-state index in [1.165, 1.54) is 24.5 Å². The molecule has 0 unspecified atom stereocenters. The van der Waals surface area contributed by atoms with Crippen molar-refractivity contribution in [3.05, 3.63) is 30.2 Å². The molecule has 2 heterocycles. The lowest BCUT2D eigenvalue weighted by Gasteiger charge is -2.04. The Labute approximate surface area is 87.9 Å². The van der Waals surface area contributed by atoms with Crippen molar-refractivity contribution in [3.8, 4) is 11.1 Å². The molecule has 0 saturated heterocycles. The molecule has 2 aromatic rings. The highest BCUT2D eigenvalue weighted by Crippen LogP contribution is 2.39. The van der Waals surface area contributed by atoms with Gasteiger partial charge in [-0.25, -0.2) is 0 Å². The van der Waals surface area contributed by atoms with E-state index in [0.717, 1.165) is 0 Å². The van der Waals surface area contributed by atoms with Crippen molar-refractivity contribution >= 4 is 5.88 Å². The zero-order chi connectivity index (χ0) is 11.8. The first-order valence-corrected chi connectivity index (χ1v) is 4.23. The number of hydrogen-bond donors (Lipinski definition) is 1. The highest BCUT2D eigenvalue weighted by atomic mass is 19.4. The topological polar surface area (TPSA) is 64.9 Å². The summed E-state index contributed by atoms with van der Waals surface area (Å²) in [4.78, 5) is 3.71. The molecule has 0 saturated carbocycles. The Hall–Kier alpha value is -2.05. The lowest BCUT2D eigenvalue weighted by Crippen LogP contribution is -2.07. The predicted molar refractivity (Wildman–Crippen MR) is 49.1 cm³/mol. The molecule has 0 spiro atoms. The third kappa shape index (κ3) is 1.71. The van der Waals surface area contributed by atoms with Crippen LogP contribution in [0.4, 0.5) is 19.1 Å². The van der Waals surface area contributed by atoms with E-state index < -0.39 is 11.9 Å². The van der Waals surface area contributed by atoms with E-state index in [0.29, 0.717) is 0 Å². The van der Waals surface area contributed by atoms with Gasteiger partial charge in [-0.2, -0.15) is 13.2 Å². The van der Waals surface area contributed by atoms with Gasteiger partial charge in [0, 0.05) is 18.0 Å². The molecule has 84 valence electrons. The Morgan fingerprint density at radius 2 is 2.06 bits per heavy atom. The van der Waals surface area contributed by atoms with Crippen molar-refractivity contribution in [3.63, 3.8) is 0 Å². The zero-order valence-corrected chi connectivity index (χ0v) is 7.82. The molecule has 2 aromatic heterocycles. The monoisotopic (exact) mass is 229 g/mol. The summed E-state index contributed by atoms with van der Waals surface area (Å²) in [7, 11) is 0. The number of anilines is 1. The van der Waals surface area contributed by atoms with Gasteiger partial charge in [-0.05, 0) is 6.07 Å². The summed E-state index contributed by atoms with van der Waals surface area (Å²) in [6.07, 6.45) is -1.90. The second kappa shape index (κ2) is 3.51. The minimum Gasteiger partial charge on any atom is -0.367 e. The molecule has 2 rings (SSSR count). The van der Waals surface area contributed by atoms with Crippen LogP contribution in [-0.2, 0) is 6.18 Å². The summed E-state index contributed by atoms with van der Waals surface area (Å²) in [6.45, 7) is 0. The maximum atomic E-state index is 12.5. The molecule has 0 bridgehead atoms. The fourth-order valence-electron chi connectivity index (χ4n) is 1.29. The van der Waals surface area contributed by atoms with Crippen molar-refractivity contribution in [1.82, 2.24) is 10.1 Å². The van der Waals surface area contributed by atoms with Gasteiger partial charge < -0.3 is 10.3 Å². The van der Waals surface area contributed by atoms with Crippen molar-refractivity contribution in [2.45, 2.75) is 6.18 Å². The fraction of sp³-hybridized carbons (Fsp3) is 0.111. The van der Waals surface area contributed by atoms with E-state index in [1.807, 2.05) is 0 Å². The van der Waals surface area contributed by atoms with Crippen LogP contribution in [-0.4, -0.2) is 10.1 Å². The van der Waals surface area contributed by atoms with E-state index in [2.05, 4.69) is 14.7 Å². The molecule has 0 aromatic carbocycles. The second-order valence-electron chi connectivity index (χ2n) is 3.01. The maximum Gasteiger partial charge on any atom is 0.437 e. The van der Waals surface area contributed by atoms with Gasteiger partial charge in [-0.1, -0.05) is 11.2 Å². The van der Waals surface area contributed by atoms with Crippen LogP contribution in [0.1, 0.15) is 5.69 Å². The van der Waals surface area contributed by atoms with Crippen molar-refractivity contribution in [2.24, 2.45) is 0 Å². The number of nitrogens with zero attached hydrogens (tertiary/aromatic N) is 2. The number of halogens is 3. The Morgan fingerprint density at radius 1 is 1.31 bits per heavy atom. The largest absolute Gasteiger partial charge is 0.437 e. The third-order valence-corrected chi connectivity index (χ3v) is 1.94. The van der Waals surface area contributed by atoms with Gasteiger partial charge in [0.2, 0.25) is 5.88 Å². The van der Waals surface area contributed by atoms with Crippen LogP contribution in [0.5, 0.6) is 0 Å². The number of rotatable bonds is 1.